The predicted molar refractivity (Wildman–Crippen MR) is 83.0 cm³/mol. The van der Waals surface area contributed by atoms with Crippen LogP contribution in [0.25, 0.3) is 0 Å². The minimum Gasteiger partial charge on any atom is -0.492 e. The zero-order valence-electron chi connectivity index (χ0n) is 12.1. The number of carbonyl (C=O) groups is 2. The molecule has 0 spiro atoms. The molecule has 2 rings (SSSR count). The summed E-state index contributed by atoms with van der Waals surface area (Å²) in [7, 11) is 0. The molecule has 2 unspecified atom stereocenters. The fraction of sp³-hybridized carbons (Fsp3) is 0.467. The molecule has 6 heteroatoms. The second kappa shape index (κ2) is 6.93. The van der Waals surface area contributed by atoms with Crippen LogP contribution < -0.4 is 10.1 Å². The number of nitrogens with one attached hydrogen (secondary N) is 1. The van der Waals surface area contributed by atoms with Crippen LogP contribution in [0.4, 0.5) is 0 Å². The lowest BCUT2D eigenvalue weighted by molar-refractivity contribution is -0.149. The number of nitrogens with zero attached hydrogens (tertiary/aromatic N) is 1. The third-order valence-electron chi connectivity index (χ3n) is 3.49. The molecular formula is C15H19BrN2O3. The zero-order valence-corrected chi connectivity index (χ0v) is 13.7. The van der Waals surface area contributed by atoms with Crippen molar-refractivity contribution < 1.29 is 14.3 Å². The van der Waals surface area contributed by atoms with Crippen molar-refractivity contribution in [3.05, 3.63) is 28.7 Å². The molecule has 1 fully saturated rings. The van der Waals surface area contributed by atoms with Gasteiger partial charge in [-0.1, -0.05) is 22.9 Å². The monoisotopic (exact) mass is 354 g/mol. The van der Waals surface area contributed by atoms with Gasteiger partial charge < -0.3 is 15.0 Å². The van der Waals surface area contributed by atoms with E-state index in [0.717, 1.165) is 10.2 Å². The Morgan fingerprint density at radius 3 is 2.57 bits per heavy atom. The summed E-state index contributed by atoms with van der Waals surface area (Å²) >= 11 is 3.36. The number of amides is 2. The second-order valence-corrected chi connectivity index (χ2v) is 5.90. The number of rotatable bonds is 5. The number of hydrogen-bond acceptors (Lipinski definition) is 3. The molecule has 2 amide bonds. The maximum Gasteiger partial charge on any atom is 0.245 e. The number of ether oxygens (including phenoxy) is 1. The largest absolute Gasteiger partial charge is 0.492 e. The molecule has 1 aromatic carbocycles. The Morgan fingerprint density at radius 2 is 1.95 bits per heavy atom. The van der Waals surface area contributed by atoms with Crippen LogP contribution in [0.5, 0.6) is 5.75 Å². The van der Waals surface area contributed by atoms with Crippen LogP contribution >= 0.6 is 15.9 Å². The van der Waals surface area contributed by atoms with Crippen molar-refractivity contribution >= 4 is 27.7 Å². The number of piperazine rings is 1. The van der Waals surface area contributed by atoms with Crippen molar-refractivity contribution in [2.75, 3.05) is 13.2 Å². The summed E-state index contributed by atoms with van der Waals surface area (Å²) < 4.78 is 6.61. The number of carbonyl (C=O) groups excluding carboxylic acids is 2. The SMILES string of the molecule is CCC1C(=O)NC(C)C(=O)N1CCOc1ccc(Br)cc1. The average molecular weight is 355 g/mol. The highest BCUT2D eigenvalue weighted by atomic mass is 79.9. The van der Waals surface area contributed by atoms with Gasteiger partial charge in [0.1, 0.15) is 24.4 Å². The molecule has 1 aromatic rings. The normalized spacial score (nSPS) is 22.1. The van der Waals surface area contributed by atoms with Gasteiger partial charge in [0.05, 0.1) is 6.54 Å². The maximum absolute atomic E-state index is 12.2. The van der Waals surface area contributed by atoms with Gasteiger partial charge >= 0.3 is 0 Å². The highest BCUT2D eigenvalue weighted by Crippen LogP contribution is 2.17. The number of halogens is 1. The molecule has 0 radical (unpaired) electrons. The summed E-state index contributed by atoms with van der Waals surface area (Å²) in [5, 5.41) is 2.70. The fourth-order valence-electron chi connectivity index (χ4n) is 2.38. The molecule has 2 atom stereocenters. The van der Waals surface area contributed by atoms with E-state index in [-0.39, 0.29) is 11.8 Å². The van der Waals surface area contributed by atoms with Gasteiger partial charge in [0.15, 0.2) is 0 Å². The van der Waals surface area contributed by atoms with E-state index in [1.54, 1.807) is 11.8 Å². The Balaban J connectivity index is 1.94. The smallest absolute Gasteiger partial charge is 0.245 e. The first-order valence-electron chi connectivity index (χ1n) is 7.02. The van der Waals surface area contributed by atoms with E-state index in [0.29, 0.717) is 19.6 Å². The maximum atomic E-state index is 12.2. The highest BCUT2D eigenvalue weighted by molar-refractivity contribution is 9.10. The van der Waals surface area contributed by atoms with Crippen LogP contribution in [0, 0.1) is 0 Å². The predicted octanol–water partition coefficient (Wildman–Crippen LogP) is 1.95. The second-order valence-electron chi connectivity index (χ2n) is 4.99. The molecule has 21 heavy (non-hydrogen) atoms. The van der Waals surface area contributed by atoms with Gasteiger partial charge in [-0.25, -0.2) is 0 Å². The lowest BCUT2D eigenvalue weighted by Gasteiger charge is -2.37. The van der Waals surface area contributed by atoms with Crippen LogP contribution in [-0.4, -0.2) is 41.9 Å². The fourth-order valence-corrected chi connectivity index (χ4v) is 2.64. The van der Waals surface area contributed by atoms with E-state index in [9.17, 15) is 9.59 Å². The quantitative estimate of drug-likeness (QED) is 0.879. The lowest BCUT2D eigenvalue weighted by Crippen LogP contribution is -2.62. The Kier molecular flexibility index (Phi) is 5.22. The van der Waals surface area contributed by atoms with E-state index in [1.165, 1.54) is 0 Å². The lowest BCUT2D eigenvalue weighted by atomic mass is 10.1. The molecule has 0 aliphatic carbocycles. The summed E-state index contributed by atoms with van der Waals surface area (Å²) in [5.74, 6) is 0.599. The van der Waals surface area contributed by atoms with Gasteiger partial charge in [0, 0.05) is 4.47 Å². The van der Waals surface area contributed by atoms with Crippen LogP contribution in [-0.2, 0) is 9.59 Å². The van der Waals surface area contributed by atoms with E-state index in [1.807, 2.05) is 31.2 Å². The molecule has 0 aromatic heterocycles. The van der Waals surface area contributed by atoms with Crippen molar-refractivity contribution in [2.45, 2.75) is 32.4 Å². The summed E-state index contributed by atoms with van der Waals surface area (Å²) in [4.78, 5) is 25.7. The Morgan fingerprint density at radius 1 is 1.29 bits per heavy atom. The Labute approximate surface area is 132 Å². The van der Waals surface area contributed by atoms with E-state index >= 15 is 0 Å². The first kappa shape index (κ1) is 15.8. The minimum atomic E-state index is -0.465. The Hall–Kier alpha value is -1.56. The van der Waals surface area contributed by atoms with Gasteiger partial charge in [0.2, 0.25) is 11.8 Å². The molecule has 1 aliphatic heterocycles. The van der Waals surface area contributed by atoms with Gasteiger partial charge in [-0.15, -0.1) is 0 Å². The first-order valence-corrected chi connectivity index (χ1v) is 7.81. The standard InChI is InChI=1S/C15H19BrN2O3/c1-3-13-14(19)17-10(2)15(20)18(13)8-9-21-12-6-4-11(16)5-7-12/h4-7,10,13H,3,8-9H2,1-2H3,(H,17,19). The molecule has 0 bridgehead atoms. The summed E-state index contributed by atoms with van der Waals surface area (Å²) in [6.07, 6.45) is 0.600. The van der Waals surface area contributed by atoms with Crippen LogP contribution in [0.15, 0.2) is 28.7 Å². The first-order chi connectivity index (χ1) is 10.0. The summed E-state index contributed by atoms with van der Waals surface area (Å²) in [6.45, 7) is 4.37. The van der Waals surface area contributed by atoms with Crippen molar-refractivity contribution in [1.29, 1.82) is 0 Å². The number of benzene rings is 1. The van der Waals surface area contributed by atoms with Gasteiger partial charge in [-0.05, 0) is 37.6 Å². The summed E-state index contributed by atoms with van der Waals surface area (Å²) in [5.41, 5.74) is 0. The molecule has 5 nitrogen and oxygen atoms in total. The number of hydrogen-bond donors (Lipinski definition) is 1. The van der Waals surface area contributed by atoms with E-state index in [4.69, 9.17) is 4.74 Å². The van der Waals surface area contributed by atoms with Gasteiger partial charge in [0.25, 0.3) is 0 Å². The van der Waals surface area contributed by atoms with Crippen LogP contribution in [0.3, 0.4) is 0 Å². The van der Waals surface area contributed by atoms with E-state index < -0.39 is 12.1 Å². The molecule has 0 saturated carbocycles. The molecule has 1 saturated heterocycles. The zero-order chi connectivity index (χ0) is 15.4. The molecular weight excluding hydrogens is 336 g/mol. The van der Waals surface area contributed by atoms with Crippen molar-refractivity contribution in [2.24, 2.45) is 0 Å². The van der Waals surface area contributed by atoms with Crippen molar-refractivity contribution in [3.63, 3.8) is 0 Å². The minimum absolute atomic E-state index is 0.0548. The van der Waals surface area contributed by atoms with Crippen molar-refractivity contribution in [3.8, 4) is 5.75 Å². The topological polar surface area (TPSA) is 58.6 Å². The summed E-state index contributed by atoms with van der Waals surface area (Å²) in [6, 6.07) is 6.64. The van der Waals surface area contributed by atoms with Crippen LogP contribution in [0.2, 0.25) is 0 Å². The van der Waals surface area contributed by atoms with Gasteiger partial charge in [-0.2, -0.15) is 0 Å². The molecule has 1 N–H and O–H groups in total. The molecule has 114 valence electrons. The van der Waals surface area contributed by atoms with Gasteiger partial charge in [-0.3, -0.25) is 9.59 Å². The van der Waals surface area contributed by atoms with Crippen molar-refractivity contribution in [1.82, 2.24) is 10.2 Å². The third-order valence-corrected chi connectivity index (χ3v) is 4.02. The highest BCUT2D eigenvalue weighted by Gasteiger charge is 2.37. The molecule has 1 heterocycles. The van der Waals surface area contributed by atoms with E-state index in [2.05, 4.69) is 21.2 Å². The average Bonchev–Trinajstić information content (AvgIpc) is 2.46. The van der Waals surface area contributed by atoms with Crippen LogP contribution in [0.1, 0.15) is 20.3 Å². The third kappa shape index (κ3) is 3.75. The Bertz CT molecular complexity index is 518. The molecule has 1 aliphatic rings.